The lowest BCUT2D eigenvalue weighted by Gasteiger charge is -2.22. The first-order valence-electron chi connectivity index (χ1n) is 9.13. The highest BCUT2D eigenvalue weighted by atomic mass is 16.1. The second-order valence-electron chi connectivity index (χ2n) is 6.64. The van der Waals surface area contributed by atoms with Crippen LogP contribution in [0.1, 0.15) is 49.4 Å². The molecule has 6 nitrogen and oxygen atoms in total. The van der Waals surface area contributed by atoms with Crippen LogP contribution in [-0.2, 0) is 0 Å². The van der Waals surface area contributed by atoms with Gasteiger partial charge in [-0.1, -0.05) is 0 Å². The van der Waals surface area contributed by atoms with Gasteiger partial charge in [0.15, 0.2) is 0 Å². The van der Waals surface area contributed by atoms with Crippen molar-refractivity contribution in [1.29, 1.82) is 0 Å². The second-order valence-corrected chi connectivity index (χ2v) is 6.64. The van der Waals surface area contributed by atoms with Gasteiger partial charge >= 0.3 is 0 Å². The minimum atomic E-state index is -0.235. The summed E-state index contributed by atoms with van der Waals surface area (Å²) in [6.45, 7) is 14.0. The Hall–Kier alpha value is -2.63. The summed E-state index contributed by atoms with van der Waals surface area (Å²) in [5, 5.41) is 6.10. The first kappa shape index (κ1) is 19.7. The van der Waals surface area contributed by atoms with Crippen LogP contribution in [0.5, 0.6) is 0 Å². The standard InChI is InChI=1S/C20H29N5O/c1-7-25(8-2)16-9-10-17(14(5)11-16)23-19(26)18-12-15(6)22-20(24-18)21-13(3)4/h9-13H,7-8H2,1-6H3,(H,23,26)(H,21,22,24). The number of hydrogen-bond donors (Lipinski definition) is 2. The van der Waals surface area contributed by atoms with Crippen LogP contribution in [-0.4, -0.2) is 35.0 Å². The fourth-order valence-electron chi connectivity index (χ4n) is 2.77. The molecule has 0 unspecified atom stereocenters. The first-order chi connectivity index (χ1) is 12.3. The molecular formula is C20H29N5O. The Balaban J connectivity index is 2.21. The first-order valence-corrected chi connectivity index (χ1v) is 9.13. The van der Waals surface area contributed by atoms with Gasteiger partial charge in [0.05, 0.1) is 0 Å². The molecule has 0 saturated carbocycles. The van der Waals surface area contributed by atoms with E-state index in [2.05, 4.69) is 45.4 Å². The number of benzene rings is 1. The van der Waals surface area contributed by atoms with Crippen LogP contribution < -0.4 is 15.5 Å². The molecule has 1 heterocycles. The van der Waals surface area contributed by atoms with Gasteiger partial charge in [0.25, 0.3) is 5.91 Å². The minimum absolute atomic E-state index is 0.197. The Kier molecular flexibility index (Phi) is 6.55. The van der Waals surface area contributed by atoms with Gasteiger partial charge in [0, 0.05) is 36.2 Å². The van der Waals surface area contributed by atoms with E-state index in [1.54, 1.807) is 6.07 Å². The number of aromatic nitrogens is 2. The van der Waals surface area contributed by atoms with E-state index in [4.69, 9.17) is 0 Å². The van der Waals surface area contributed by atoms with Crippen molar-refractivity contribution >= 4 is 23.2 Å². The number of carbonyl (C=O) groups is 1. The van der Waals surface area contributed by atoms with Gasteiger partial charge in [-0.15, -0.1) is 0 Å². The van der Waals surface area contributed by atoms with E-state index in [1.807, 2.05) is 39.8 Å². The number of amides is 1. The zero-order chi connectivity index (χ0) is 19.3. The fourth-order valence-corrected chi connectivity index (χ4v) is 2.77. The van der Waals surface area contributed by atoms with Gasteiger partial charge in [0.1, 0.15) is 5.69 Å². The van der Waals surface area contributed by atoms with E-state index < -0.39 is 0 Å². The van der Waals surface area contributed by atoms with Crippen LogP contribution in [0.3, 0.4) is 0 Å². The third-order valence-electron chi connectivity index (χ3n) is 4.09. The summed E-state index contributed by atoms with van der Waals surface area (Å²) >= 11 is 0. The van der Waals surface area contributed by atoms with E-state index >= 15 is 0 Å². The van der Waals surface area contributed by atoms with Crippen LogP contribution in [0.4, 0.5) is 17.3 Å². The van der Waals surface area contributed by atoms with Crippen LogP contribution in [0.2, 0.25) is 0 Å². The summed E-state index contributed by atoms with van der Waals surface area (Å²) in [6.07, 6.45) is 0. The zero-order valence-corrected chi connectivity index (χ0v) is 16.6. The third-order valence-corrected chi connectivity index (χ3v) is 4.09. The summed E-state index contributed by atoms with van der Waals surface area (Å²) in [5.41, 5.74) is 4.08. The van der Waals surface area contributed by atoms with Gasteiger partial charge in [0.2, 0.25) is 5.95 Å². The molecule has 1 aromatic carbocycles. The molecule has 2 N–H and O–H groups in total. The number of nitrogens with zero attached hydrogens (tertiary/aromatic N) is 3. The van der Waals surface area contributed by atoms with Crippen molar-refractivity contribution in [3.63, 3.8) is 0 Å². The number of nitrogens with one attached hydrogen (secondary N) is 2. The molecule has 140 valence electrons. The lowest BCUT2D eigenvalue weighted by atomic mass is 10.1. The van der Waals surface area contributed by atoms with Crippen molar-refractivity contribution in [3.8, 4) is 0 Å². The monoisotopic (exact) mass is 355 g/mol. The molecular weight excluding hydrogens is 326 g/mol. The average Bonchev–Trinajstić information content (AvgIpc) is 2.57. The molecule has 0 fully saturated rings. The van der Waals surface area contributed by atoms with Crippen LogP contribution >= 0.6 is 0 Å². The Morgan fingerprint density at radius 3 is 2.38 bits per heavy atom. The van der Waals surface area contributed by atoms with Crippen LogP contribution in [0.15, 0.2) is 24.3 Å². The molecule has 1 aromatic heterocycles. The molecule has 0 bridgehead atoms. The Morgan fingerprint density at radius 2 is 1.81 bits per heavy atom. The second kappa shape index (κ2) is 8.65. The Labute approximate surface area is 156 Å². The van der Waals surface area contributed by atoms with Crippen molar-refractivity contribution in [3.05, 3.63) is 41.2 Å². The molecule has 0 aliphatic rings. The molecule has 0 aliphatic carbocycles. The maximum atomic E-state index is 12.6. The highest BCUT2D eigenvalue weighted by Gasteiger charge is 2.13. The predicted octanol–water partition coefficient (Wildman–Crippen LogP) is 4.01. The molecule has 26 heavy (non-hydrogen) atoms. The lowest BCUT2D eigenvalue weighted by molar-refractivity contribution is 0.102. The van der Waals surface area contributed by atoms with Gasteiger partial charge in [-0.3, -0.25) is 4.79 Å². The number of aryl methyl sites for hydroxylation is 2. The Morgan fingerprint density at radius 1 is 1.12 bits per heavy atom. The lowest BCUT2D eigenvalue weighted by Crippen LogP contribution is -2.22. The van der Waals surface area contributed by atoms with Crippen molar-refractivity contribution in [2.24, 2.45) is 0 Å². The van der Waals surface area contributed by atoms with Crippen LogP contribution in [0, 0.1) is 13.8 Å². The van der Waals surface area contributed by atoms with Gasteiger partial charge in [-0.25, -0.2) is 9.97 Å². The highest BCUT2D eigenvalue weighted by molar-refractivity contribution is 6.03. The smallest absolute Gasteiger partial charge is 0.274 e. The van der Waals surface area contributed by atoms with Crippen molar-refractivity contribution in [1.82, 2.24) is 9.97 Å². The largest absolute Gasteiger partial charge is 0.372 e. The molecule has 6 heteroatoms. The molecule has 1 amide bonds. The molecule has 0 atom stereocenters. The summed E-state index contributed by atoms with van der Waals surface area (Å²) < 4.78 is 0. The van der Waals surface area contributed by atoms with Gasteiger partial charge in [-0.05, 0) is 71.4 Å². The fraction of sp³-hybridized carbons (Fsp3) is 0.450. The Bertz CT molecular complexity index is 769. The topological polar surface area (TPSA) is 70.2 Å². The third kappa shape index (κ3) is 4.94. The van der Waals surface area contributed by atoms with E-state index in [0.717, 1.165) is 35.7 Å². The minimum Gasteiger partial charge on any atom is -0.372 e. The van der Waals surface area contributed by atoms with E-state index in [0.29, 0.717) is 11.6 Å². The van der Waals surface area contributed by atoms with Crippen molar-refractivity contribution in [2.45, 2.75) is 47.6 Å². The van der Waals surface area contributed by atoms with E-state index in [-0.39, 0.29) is 11.9 Å². The SMILES string of the molecule is CCN(CC)c1ccc(NC(=O)c2cc(C)nc(NC(C)C)n2)c(C)c1. The van der Waals surface area contributed by atoms with Crippen molar-refractivity contribution < 1.29 is 4.79 Å². The normalized spacial score (nSPS) is 10.7. The number of anilines is 3. The maximum Gasteiger partial charge on any atom is 0.274 e. The quantitative estimate of drug-likeness (QED) is 0.785. The highest BCUT2D eigenvalue weighted by Crippen LogP contribution is 2.23. The molecule has 0 radical (unpaired) electrons. The van der Waals surface area contributed by atoms with Gasteiger partial charge < -0.3 is 15.5 Å². The van der Waals surface area contributed by atoms with E-state index in [9.17, 15) is 4.79 Å². The van der Waals surface area contributed by atoms with Crippen LogP contribution in [0.25, 0.3) is 0 Å². The summed E-state index contributed by atoms with van der Waals surface area (Å²) in [5.74, 6) is 0.236. The summed E-state index contributed by atoms with van der Waals surface area (Å²) in [6, 6.07) is 7.97. The zero-order valence-electron chi connectivity index (χ0n) is 16.6. The van der Waals surface area contributed by atoms with E-state index in [1.165, 1.54) is 0 Å². The predicted molar refractivity (Wildman–Crippen MR) is 108 cm³/mol. The molecule has 2 aromatic rings. The molecule has 2 rings (SSSR count). The molecule has 0 saturated heterocycles. The molecule has 0 spiro atoms. The molecule has 0 aliphatic heterocycles. The number of hydrogen-bond acceptors (Lipinski definition) is 5. The number of rotatable bonds is 7. The number of carbonyl (C=O) groups excluding carboxylic acids is 1. The maximum absolute atomic E-state index is 12.6. The average molecular weight is 355 g/mol. The van der Waals surface area contributed by atoms with Crippen molar-refractivity contribution in [2.75, 3.05) is 28.6 Å². The van der Waals surface area contributed by atoms with Gasteiger partial charge in [-0.2, -0.15) is 0 Å². The summed E-state index contributed by atoms with van der Waals surface area (Å²) in [7, 11) is 0. The summed E-state index contributed by atoms with van der Waals surface area (Å²) in [4.78, 5) is 23.6.